The Balaban J connectivity index is 1.36. The molecule has 0 spiro atoms. The van der Waals surface area contributed by atoms with Gasteiger partial charge in [-0.3, -0.25) is 14.6 Å². The third kappa shape index (κ3) is 5.43. The third-order valence-corrected chi connectivity index (χ3v) is 9.39. The molecular formula is C34H34FN3O2S. The van der Waals surface area contributed by atoms with Crippen molar-refractivity contribution in [2.75, 3.05) is 0 Å². The number of fused-ring (bicyclic) bond motifs is 2. The van der Waals surface area contributed by atoms with E-state index in [0.717, 1.165) is 59.4 Å². The molecule has 0 fully saturated rings. The molecule has 5 nitrogen and oxygen atoms in total. The second kappa shape index (κ2) is 11.2. The standard InChI is InChI=1S/C34H34FN3O2S/c1-19(2)17-27-31(33(36)39)30(25-13-9-22(32(25)37-27)18-20-7-11-23(35)12-8-20)28-15-16-29(41-28)34(40)38-26-14-10-21-5-3-4-6-24(21)26/h3-8,11-12,15-16,19,22,26H,9-10,13-14,17-18H2,1-2H3,(H2,36,39)(H,38,40)/t22?,26-/m1/s1. The molecular weight excluding hydrogens is 533 g/mol. The number of aromatic nitrogens is 1. The number of carbonyl (C=O) groups is 2. The minimum atomic E-state index is -0.491. The van der Waals surface area contributed by atoms with Crippen LogP contribution in [0.3, 0.4) is 0 Å². The topological polar surface area (TPSA) is 85.1 Å². The van der Waals surface area contributed by atoms with Crippen LogP contribution < -0.4 is 11.1 Å². The van der Waals surface area contributed by atoms with E-state index < -0.39 is 5.91 Å². The Morgan fingerprint density at radius 3 is 2.59 bits per heavy atom. The molecule has 41 heavy (non-hydrogen) atoms. The molecule has 0 aliphatic heterocycles. The third-order valence-electron chi connectivity index (χ3n) is 8.29. The number of halogens is 1. The molecule has 2 aromatic heterocycles. The molecule has 7 heteroatoms. The summed E-state index contributed by atoms with van der Waals surface area (Å²) >= 11 is 1.40. The zero-order valence-electron chi connectivity index (χ0n) is 23.4. The number of benzene rings is 2. The van der Waals surface area contributed by atoms with Gasteiger partial charge in [-0.05, 0) is 91.0 Å². The number of nitrogens with zero attached hydrogens (tertiary/aromatic N) is 1. The second-order valence-electron chi connectivity index (χ2n) is 11.6. The molecule has 3 N–H and O–H groups in total. The van der Waals surface area contributed by atoms with Crippen molar-refractivity contribution < 1.29 is 14.0 Å². The molecule has 1 unspecified atom stereocenters. The first-order valence-electron chi connectivity index (χ1n) is 14.4. The molecule has 2 amide bonds. The van der Waals surface area contributed by atoms with E-state index in [4.69, 9.17) is 10.7 Å². The van der Waals surface area contributed by atoms with Crippen molar-refractivity contribution >= 4 is 23.2 Å². The fourth-order valence-corrected chi connectivity index (χ4v) is 7.43. The fourth-order valence-electron chi connectivity index (χ4n) is 6.44. The number of aryl methyl sites for hydroxylation is 1. The lowest BCUT2D eigenvalue weighted by Gasteiger charge is -2.19. The van der Waals surface area contributed by atoms with E-state index in [2.05, 4.69) is 31.3 Å². The highest BCUT2D eigenvalue weighted by molar-refractivity contribution is 7.17. The molecule has 2 aliphatic rings. The molecule has 2 heterocycles. The molecule has 0 bridgehead atoms. The SMILES string of the molecule is CC(C)Cc1nc2c(c(-c3ccc(C(=O)N[C@@H]4CCc5ccccc54)s3)c1C(N)=O)CCC2Cc1ccc(F)cc1. The van der Waals surface area contributed by atoms with Crippen LogP contribution in [0.15, 0.2) is 60.7 Å². The summed E-state index contributed by atoms with van der Waals surface area (Å²) in [5, 5.41) is 3.22. The maximum atomic E-state index is 13.5. The predicted octanol–water partition coefficient (Wildman–Crippen LogP) is 6.94. The number of nitrogens with two attached hydrogens (primary N) is 1. The lowest BCUT2D eigenvalue weighted by atomic mass is 9.91. The van der Waals surface area contributed by atoms with Gasteiger partial charge in [0.1, 0.15) is 5.82 Å². The fraction of sp³-hybridized carbons (Fsp3) is 0.324. The summed E-state index contributed by atoms with van der Waals surface area (Å²) < 4.78 is 13.5. The van der Waals surface area contributed by atoms with Gasteiger partial charge in [-0.15, -0.1) is 11.3 Å². The highest BCUT2D eigenvalue weighted by Crippen LogP contribution is 2.44. The Morgan fingerprint density at radius 2 is 1.83 bits per heavy atom. The molecule has 6 rings (SSSR count). The molecule has 2 aromatic carbocycles. The maximum Gasteiger partial charge on any atom is 0.261 e. The first-order valence-corrected chi connectivity index (χ1v) is 15.2. The maximum absolute atomic E-state index is 13.5. The van der Waals surface area contributed by atoms with E-state index in [1.165, 1.54) is 34.6 Å². The van der Waals surface area contributed by atoms with Crippen molar-refractivity contribution in [3.05, 3.63) is 111 Å². The summed E-state index contributed by atoms with van der Waals surface area (Å²) in [5.41, 5.74) is 13.6. The molecule has 0 saturated carbocycles. The first kappa shape index (κ1) is 27.3. The van der Waals surface area contributed by atoms with Crippen LogP contribution in [-0.4, -0.2) is 16.8 Å². The number of carbonyl (C=O) groups excluding carboxylic acids is 2. The first-order chi connectivity index (χ1) is 19.8. The van der Waals surface area contributed by atoms with Crippen LogP contribution >= 0.6 is 11.3 Å². The molecule has 0 saturated heterocycles. The number of primary amides is 1. The largest absolute Gasteiger partial charge is 0.366 e. The van der Waals surface area contributed by atoms with E-state index >= 15 is 0 Å². The average molecular weight is 568 g/mol. The van der Waals surface area contributed by atoms with Gasteiger partial charge in [0.15, 0.2) is 0 Å². The van der Waals surface area contributed by atoms with Gasteiger partial charge in [0.05, 0.1) is 22.2 Å². The van der Waals surface area contributed by atoms with Crippen LogP contribution in [0.4, 0.5) is 4.39 Å². The van der Waals surface area contributed by atoms with Gasteiger partial charge in [0.2, 0.25) is 0 Å². The number of thiophene rings is 1. The van der Waals surface area contributed by atoms with Gasteiger partial charge >= 0.3 is 0 Å². The normalized spacial score (nSPS) is 17.5. The molecule has 0 radical (unpaired) electrons. The number of pyridine rings is 1. The zero-order valence-corrected chi connectivity index (χ0v) is 24.2. The van der Waals surface area contributed by atoms with Crippen LogP contribution in [-0.2, 0) is 25.7 Å². The van der Waals surface area contributed by atoms with Crippen molar-refractivity contribution in [3.8, 4) is 10.4 Å². The van der Waals surface area contributed by atoms with E-state index in [-0.39, 0.29) is 29.6 Å². The number of hydrogen-bond donors (Lipinski definition) is 2. The van der Waals surface area contributed by atoms with Gasteiger partial charge < -0.3 is 11.1 Å². The second-order valence-corrected chi connectivity index (χ2v) is 12.7. The predicted molar refractivity (Wildman–Crippen MR) is 161 cm³/mol. The van der Waals surface area contributed by atoms with Crippen molar-refractivity contribution in [2.24, 2.45) is 11.7 Å². The van der Waals surface area contributed by atoms with Crippen LogP contribution in [0, 0.1) is 11.7 Å². The Labute approximate surface area is 244 Å². The van der Waals surface area contributed by atoms with Gasteiger partial charge in [-0.25, -0.2) is 4.39 Å². The van der Waals surface area contributed by atoms with E-state index in [1.807, 2.05) is 36.4 Å². The van der Waals surface area contributed by atoms with Crippen molar-refractivity contribution in [1.82, 2.24) is 10.3 Å². The smallest absolute Gasteiger partial charge is 0.261 e. The van der Waals surface area contributed by atoms with Crippen LogP contribution in [0.1, 0.15) is 92.3 Å². The van der Waals surface area contributed by atoms with Gasteiger partial charge in [0.25, 0.3) is 11.8 Å². The molecule has 4 aromatic rings. The zero-order chi connectivity index (χ0) is 28.7. The van der Waals surface area contributed by atoms with Crippen LogP contribution in [0.25, 0.3) is 10.4 Å². The Kier molecular flexibility index (Phi) is 7.47. The van der Waals surface area contributed by atoms with Gasteiger partial charge in [-0.2, -0.15) is 0 Å². The lowest BCUT2D eigenvalue weighted by molar-refractivity contribution is 0.0939. The summed E-state index contributed by atoms with van der Waals surface area (Å²) in [6.07, 6.45) is 4.87. The minimum Gasteiger partial charge on any atom is -0.366 e. The number of nitrogens with one attached hydrogen (secondary N) is 1. The summed E-state index contributed by atoms with van der Waals surface area (Å²) in [4.78, 5) is 32.9. The Bertz CT molecular complexity index is 1630. The Hall–Kier alpha value is -3.84. The molecule has 2 aliphatic carbocycles. The number of hydrogen-bond acceptors (Lipinski definition) is 4. The summed E-state index contributed by atoms with van der Waals surface area (Å²) in [6, 6.07) is 18.7. The van der Waals surface area contributed by atoms with Crippen LogP contribution in [0.2, 0.25) is 0 Å². The molecule has 210 valence electrons. The quantitative estimate of drug-likeness (QED) is 0.242. The summed E-state index contributed by atoms with van der Waals surface area (Å²) in [5.74, 6) is -0.406. The van der Waals surface area contributed by atoms with Crippen LogP contribution in [0.5, 0.6) is 0 Å². The lowest BCUT2D eigenvalue weighted by Crippen LogP contribution is -2.26. The van der Waals surface area contributed by atoms with E-state index in [9.17, 15) is 14.0 Å². The summed E-state index contributed by atoms with van der Waals surface area (Å²) in [7, 11) is 0. The summed E-state index contributed by atoms with van der Waals surface area (Å²) in [6.45, 7) is 4.20. The van der Waals surface area contributed by atoms with Gasteiger partial charge in [0, 0.05) is 22.1 Å². The van der Waals surface area contributed by atoms with Crippen molar-refractivity contribution in [1.29, 1.82) is 0 Å². The minimum absolute atomic E-state index is 0.000433. The highest BCUT2D eigenvalue weighted by Gasteiger charge is 2.33. The average Bonchev–Trinajstić information content (AvgIpc) is 3.68. The molecule has 2 atom stereocenters. The van der Waals surface area contributed by atoms with E-state index in [1.54, 1.807) is 0 Å². The van der Waals surface area contributed by atoms with E-state index in [0.29, 0.717) is 22.6 Å². The highest BCUT2D eigenvalue weighted by atomic mass is 32.1. The van der Waals surface area contributed by atoms with Crippen molar-refractivity contribution in [3.63, 3.8) is 0 Å². The van der Waals surface area contributed by atoms with Crippen molar-refractivity contribution in [2.45, 2.75) is 64.3 Å². The monoisotopic (exact) mass is 567 g/mol. The number of rotatable bonds is 8. The van der Waals surface area contributed by atoms with Gasteiger partial charge in [-0.1, -0.05) is 50.2 Å². The Morgan fingerprint density at radius 1 is 1.05 bits per heavy atom. The number of amides is 2.